The summed E-state index contributed by atoms with van der Waals surface area (Å²) in [6, 6.07) is 0. The fraction of sp³-hybridized carbons (Fsp3) is 0.767. The number of carbonyl (C=O) groups is 1. The van der Waals surface area contributed by atoms with Crippen molar-refractivity contribution < 1.29 is 15.0 Å². The van der Waals surface area contributed by atoms with Gasteiger partial charge in [0.05, 0.1) is 5.60 Å². The van der Waals surface area contributed by atoms with Crippen molar-refractivity contribution in [1.29, 1.82) is 0 Å². The highest BCUT2D eigenvalue weighted by molar-refractivity contribution is 5.66. The lowest BCUT2D eigenvalue weighted by molar-refractivity contribution is -0.138. The molecule has 3 aliphatic rings. The van der Waals surface area contributed by atoms with E-state index in [1.807, 2.05) is 19.9 Å². The Hall–Kier alpha value is -1.35. The van der Waals surface area contributed by atoms with Crippen molar-refractivity contribution in [2.24, 2.45) is 39.9 Å². The molecule has 0 amide bonds. The summed E-state index contributed by atoms with van der Waals surface area (Å²) in [5, 5.41) is 19.5. The molecule has 2 N–H and O–H groups in total. The first-order valence-corrected chi connectivity index (χ1v) is 13.1. The van der Waals surface area contributed by atoms with E-state index in [0.29, 0.717) is 23.7 Å². The number of aliphatic hydroxyl groups is 1. The van der Waals surface area contributed by atoms with Crippen LogP contribution in [0.3, 0.4) is 0 Å². The fourth-order valence-corrected chi connectivity index (χ4v) is 8.32. The maximum absolute atomic E-state index is 11.5. The zero-order chi connectivity index (χ0) is 24.8. The van der Waals surface area contributed by atoms with E-state index in [0.717, 1.165) is 25.7 Å². The molecule has 7 atom stereocenters. The summed E-state index contributed by atoms with van der Waals surface area (Å²) in [5.74, 6) is 1.38. The van der Waals surface area contributed by atoms with Gasteiger partial charge in [-0.1, -0.05) is 63.6 Å². The lowest BCUT2D eigenvalue weighted by atomic mass is 9.44. The predicted octanol–water partition coefficient (Wildman–Crippen LogP) is 7.57. The predicted molar refractivity (Wildman–Crippen MR) is 137 cm³/mol. The molecule has 0 saturated heterocycles. The Bertz CT molecular complexity index is 830. The summed E-state index contributed by atoms with van der Waals surface area (Å²) >= 11 is 0. The van der Waals surface area contributed by atoms with E-state index in [1.54, 1.807) is 5.57 Å². The molecule has 3 nitrogen and oxygen atoms in total. The van der Waals surface area contributed by atoms with Crippen molar-refractivity contribution in [1.82, 2.24) is 0 Å². The summed E-state index contributed by atoms with van der Waals surface area (Å²) in [6.45, 7) is 19.9. The SMILES string of the molecule is C=C(C)[C@@H]1CC=C2[C@@H](CC[C@]3(C)[C@@H]([C@H](C)C/C=C/C(C)(C)O)CC[C@@]23C)[C@@]1(C)CCC(=O)O. The van der Waals surface area contributed by atoms with Gasteiger partial charge < -0.3 is 10.2 Å². The third kappa shape index (κ3) is 4.64. The van der Waals surface area contributed by atoms with Gasteiger partial charge in [0, 0.05) is 6.42 Å². The minimum Gasteiger partial charge on any atom is -0.481 e. The number of hydrogen-bond acceptors (Lipinski definition) is 2. The van der Waals surface area contributed by atoms with Crippen LogP contribution in [0.25, 0.3) is 0 Å². The molecular formula is C30H48O3. The molecule has 0 unspecified atom stereocenters. The van der Waals surface area contributed by atoms with Gasteiger partial charge in [0.15, 0.2) is 0 Å². The molecule has 2 fully saturated rings. The molecule has 2 saturated carbocycles. The lowest BCUT2D eigenvalue weighted by Gasteiger charge is -2.60. The minimum absolute atomic E-state index is 0.0300. The number of carboxylic acid groups (broad SMARTS) is 1. The fourth-order valence-electron chi connectivity index (χ4n) is 8.32. The van der Waals surface area contributed by atoms with Crippen LogP contribution >= 0.6 is 0 Å². The van der Waals surface area contributed by atoms with E-state index in [2.05, 4.69) is 53.3 Å². The van der Waals surface area contributed by atoms with Crippen LogP contribution in [0, 0.1) is 39.9 Å². The van der Waals surface area contributed by atoms with Crippen molar-refractivity contribution in [3.05, 3.63) is 36.0 Å². The molecule has 0 spiro atoms. The molecule has 0 aliphatic heterocycles. The van der Waals surface area contributed by atoms with Crippen molar-refractivity contribution in [3.8, 4) is 0 Å². The minimum atomic E-state index is -0.751. The average Bonchev–Trinajstić information content (AvgIpc) is 2.97. The molecule has 0 aromatic carbocycles. The topological polar surface area (TPSA) is 57.5 Å². The molecular weight excluding hydrogens is 408 g/mol. The summed E-state index contributed by atoms with van der Waals surface area (Å²) in [7, 11) is 0. The lowest BCUT2D eigenvalue weighted by Crippen LogP contribution is -2.52. The molecule has 3 heteroatoms. The number of carboxylic acids is 1. The van der Waals surface area contributed by atoms with Crippen molar-refractivity contribution >= 4 is 5.97 Å². The summed E-state index contributed by atoms with van der Waals surface area (Å²) < 4.78 is 0. The number of rotatable bonds is 8. The van der Waals surface area contributed by atoms with Gasteiger partial charge in [0.2, 0.25) is 0 Å². The first-order chi connectivity index (χ1) is 15.2. The van der Waals surface area contributed by atoms with E-state index < -0.39 is 11.6 Å². The van der Waals surface area contributed by atoms with Crippen LogP contribution in [0.1, 0.15) is 99.8 Å². The molecule has 0 heterocycles. The van der Waals surface area contributed by atoms with Gasteiger partial charge in [-0.3, -0.25) is 4.79 Å². The second-order valence-electron chi connectivity index (χ2n) is 12.9. The standard InChI is InChI=1S/C30H48O3/c1-20(2)22-11-12-25-24(28(22,6)17-15-26(31)32)14-19-29(7)23(13-18-30(25,29)8)21(3)10-9-16-27(4,5)33/h9,12,16,21-24,33H,1,10-11,13-15,17-19H2,2-8H3,(H,31,32)/b16-9+/t21-,22+,23-,24-,28+,29-,30+/m1/s1. The highest BCUT2D eigenvalue weighted by Crippen LogP contribution is 2.71. The normalized spacial score (nSPS) is 39.6. The zero-order valence-corrected chi connectivity index (χ0v) is 22.2. The van der Waals surface area contributed by atoms with Gasteiger partial charge in [-0.05, 0) is 106 Å². The summed E-state index contributed by atoms with van der Waals surface area (Å²) in [6.07, 6.45) is 14.5. The van der Waals surface area contributed by atoms with Gasteiger partial charge in [0.25, 0.3) is 0 Å². The third-order valence-electron chi connectivity index (χ3n) is 10.4. The Labute approximate surface area is 202 Å². The van der Waals surface area contributed by atoms with Gasteiger partial charge in [0.1, 0.15) is 0 Å². The monoisotopic (exact) mass is 456 g/mol. The maximum Gasteiger partial charge on any atom is 0.303 e. The van der Waals surface area contributed by atoms with Gasteiger partial charge in [-0.15, -0.1) is 0 Å². The Kier molecular flexibility index (Phi) is 7.18. The van der Waals surface area contributed by atoms with Gasteiger partial charge in [-0.2, -0.15) is 0 Å². The number of hydrogen-bond donors (Lipinski definition) is 2. The summed E-state index contributed by atoms with van der Waals surface area (Å²) in [5.41, 5.74) is 2.49. The average molecular weight is 457 g/mol. The largest absolute Gasteiger partial charge is 0.481 e. The van der Waals surface area contributed by atoms with Crippen molar-refractivity contribution in [2.75, 3.05) is 0 Å². The van der Waals surface area contributed by atoms with E-state index in [9.17, 15) is 15.0 Å². The van der Waals surface area contributed by atoms with Gasteiger partial charge >= 0.3 is 5.97 Å². The smallest absolute Gasteiger partial charge is 0.303 e. The number of fused-ring (bicyclic) bond motifs is 3. The number of aliphatic carboxylic acids is 1. The van der Waals surface area contributed by atoms with E-state index in [4.69, 9.17) is 0 Å². The summed E-state index contributed by atoms with van der Waals surface area (Å²) in [4.78, 5) is 11.5. The first-order valence-electron chi connectivity index (χ1n) is 13.1. The van der Waals surface area contributed by atoms with E-state index in [1.165, 1.54) is 24.8 Å². The van der Waals surface area contributed by atoms with Gasteiger partial charge in [-0.25, -0.2) is 0 Å². The third-order valence-corrected chi connectivity index (χ3v) is 10.4. The Morgan fingerprint density at radius 3 is 2.52 bits per heavy atom. The molecule has 0 bridgehead atoms. The molecule has 3 rings (SSSR count). The molecule has 0 radical (unpaired) electrons. The Morgan fingerprint density at radius 1 is 1.27 bits per heavy atom. The molecule has 0 aromatic heterocycles. The molecule has 186 valence electrons. The quantitative estimate of drug-likeness (QED) is 0.370. The second kappa shape index (κ2) is 9.02. The molecule has 0 aromatic rings. The van der Waals surface area contributed by atoms with Crippen LogP contribution in [0.5, 0.6) is 0 Å². The highest BCUT2D eigenvalue weighted by Gasteiger charge is 2.63. The number of allylic oxidation sites excluding steroid dienone is 4. The second-order valence-corrected chi connectivity index (χ2v) is 12.9. The zero-order valence-electron chi connectivity index (χ0n) is 22.2. The van der Waals surface area contributed by atoms with E-state index in [-0.39, 0.29) is 22.7 Å². The van der Waals surface area contributed by atoms with Crippen LogP contribution in [0.15, 0.2) is 36.0 Å². The van der Waals surface area contributed by atoms with Crippen LogP contribution in [0.4, 0.5) is 0 Å². The molecule has 3 aliphatic carbocycles. The van der Waals surface area contributed by atoms with Crippen molar-refractivity contribution in [3.63, 3.8) is 0 Å². The van der Waals surface area contributed by atoms with Crippen LogP contribution < -0.4 is 0 Å². The van der Waals surface area contributed by atoms with Crippen molar-refractivity contribution in [2.45, 2.75) is 105 Å². The van der Waals surface area contributed by atoms with Crippen LogP contribution in [0.2, 0.25) is 0 Å². The van der Waals surface area contributed by atoms with E-state index >= 15 is 0 Å². The Balaban J connectivity index is 1.90. The highest BCUT2D eigenvalue weighted by atomic mass is 16.4. The van der Waals surface area contributed by atoms with Crippen LogP contribution in [-0.2, 0) is 4.79 Å². The maximum atomic E-state index is 11.5. The van der Waals surface area contributed by atoms with Crippen LogP contribution in [-0.4, -0.2) is 21.8 Å². The Morgan fingerprint density at radius 2 is 1.94 bits per heavy atom. The molecule has 33 heavy (non-hydrogen) atoms. The first kappa shape index (κ1) is 26.3.